The summed E-state index contributed by atoms with van der Waals surface area (Å²) in [6, 6.07) is 11.6. The average Bonchev–Trinajstić information content (AvgIpc) is 2.50. The van der Waals surface area contributed by atoms with Gasteiger partial charge in [0.2, 0.25) is 0 Å². The largest absolute Gasteiger partial charge is 0.398 e. The fourth-order valence-electron chi connectivity index (χ4n) is 2.72. The molecule has 0 aliphatic carbocycles. The first-order valence-corrected chi connectivity index (χ1v) is 6.95. The molecule has 0 saturated carbocycles. The third kappa shape index (κ3) is 2.31. The molecule has 2 N–H and O–H groups in total. The SMILES string of the molecule is CCC(CC)(C(=O)c1cnccc1N)c1ccccc1. The molecular weight excluding hydrogens is 248 g/mol. The second-order valence-electron chi connectivity index (χ2n) is 4.95. The van der Waals surface area contributed by atoms with Crippen molar-refractivity contribution in [1.82, 2.24) is 4.98 Å². The molecule has 0 fully saturated rings. The highest BCUT2D eigenvalue weighted by Gasteiger charge is 2.37. The van der Waals surface area contributed by atoms with Crippen LogP contribution in [0.5, 0.6) is 0 Å². The second kappa shape index (κ2) is 5.87. The number of anilines is 1. The van der Waals surface area contributed by atoms with Crippen molar-refractivity contribution in [2.75, 3.05) is 5.73 Å². The van der Waals surface area contributed by atoms with Crippen molar-refractivity contribution in [3.63, 3.8) is 0 Å². The summed E-state index contributed by atoms with van der Waals surface area (Å²) in [5, 5.41) is 0. The van der Waals surface area contributed by atoms with Gasteiger partial charge in [-0.1, -0.05) is 44.2 Å². The number of nitrogens with zero attached hydrogens (tertiary/aromatic N) is 1. The molecule has 0 amide bonds. The first kappa shape index (κ1) is 14.3. The summed E-state index contributed by atoms with van der Waals surface area (Å²) in [5.41, 5.74) is 7.46. The Hall–Kier alpha value is -2.16. The molecule has 0 unspecified atom stereocenters. The van der Waals surface area contributed by atoms with Gasteiger partial charge < -0.3 is 5.73 Å². The van der Waals surface area contributed by atoms with Gasteiger partial charge in [0.05, 0.1) is 11.0 Å². The van der Waals surface area contributed by atoms with Gasteiger partial charge in [-0.2, -0.15) is 0 Å². The van der Waals surface area contributed by atoms with E-state index in [1.165, 1.54) is 0 Å². The number of nitrogen functional groups attached to an aromatic ring is 1. The van der Waals surface area contributed by atoms with Crippen LogP contribution >= 0.6 is 0 Å². The lowest BCUT2D eigenvalue weighted by Crippen LogP contribution is -2.35. The predicted molar refractivity (Wildman–Crippen MR) is 81.7 cm³/mol. The molecule has 0 aliphatic rings. The third-order valence-electron chi connectivity index (χ3n) is 4.07. The molecule has 20 heavy (non-hydrogen) atoms. The maximum Gasteiger partial charge on any atom is 0.176 e. The van der Waals surface area contributed by atoms with Crippen LogP contribution in [0.4, 0.5) is 5.69 Å². The quantitative estimate of drug-likeness (QED) is 0.843. The number of aromatic nitrogens is 1. The van der Waals surface area contributed by atoms with E-state index in [1.54, 1.807) is 18.5 Å². The van der Waals surface area contributed by atoms with Gasteiger partial charge in [-0.3, -0.25) is 9.78 Å². The van der Waals surface area contributed by atoms with E-state index in [1.807, 2.05) is 44.2 Å². The van der Waals surface area contributed by atoms with E-state index in [-0.39, 0.29) is 5.78 Å². The molecule has 1 aromatic heterocycles. The molecule has 2 aromatic rings. The minimum atomic E-state index is -0.529. The highest BCUT2D eigenvalue weighted by molar-refractivity contribution is 6.07. The van der Waals surface area contributed by atoms with E-state index < -0.39 is 5.41 Å². The number of hydrogen-bond acceptors (Lipinski definition) is 3. The maximum absolute atomic E-state index is 13.0. The molecule has 0 spiro atoms. The van der Waals surface area contributed by atoms with Crippen molar-refractivity contribution in [3.8, 4) is 0 Å². The first-order chi connectivity index (χ1) is 9.65. The van der Waals surface area contributed by atoms with Crippen LogP contribution in [-0.2, 0) is 5.41 Å². The standard InChI is InChI=1S/C17H20N2O/c1-3-17(4-2,13-8-6-5-7-9-13)16(20)14-12-19-11-10-15(14)18/h5-12H,3-4H2,1-2H3,(H2,18,19). The smallest absolute Gasteiger partial charge is 0.176 e. The van der Waals surface area contributed by atoms with Crippen LogP contribution < -0.4 is 5.73 Å². The minimum absolute atomic E-state index is 0.0549. The van der Waals surface area contributed by atoms with E-state index in [9.17, 15) is 4.79 Å². The van der Waals surface area contributed by atoms with Crippen LogP contribution in [0.2, 0.25) is 0 Å². The molecule has 1 aromatic carbocycles. The summed E-state index contributed by atoms with van der Waals surface area (Å²) in [6.45, 7) is 4.09. The van der Waals surface area contributed by atoms with E-state index in [4.69, 9.17) is 5.73 Å². The number of pyridine rings is 1. The fourth-order valence-corrected chi connectivity index (χ4v) is 2.72. The Morgan fingerprint density at radius 3 is 2.35 bits per heavy atom. The fraction of sp³-hybridized carbons (Fsp3) is 0.294. The van der Waals surface area contributed by atoms with Crippen molar-refractivity contribution >= 4 is 11.5 Å². The Bertz CT molecular complexity index is 589. The van der Waals surface area contributed by atoms with Crippen LogP contribution in [-0.4, -0.2) is 10.8 Å². The molecule has 0 saturated heterocycles. The lowest BCUT2D eigenvalue weighted by atomic mass is 9.70. The van der Waals surface area contributed by atoms with Crippen LogP contribution in [0.1, 0.15) is 42.6 Å². The Balaban J connectivity index is 2.54. The number of carbonyl (C=O) groups excluding carboxylic acids is 1. The summed E-state index contributed by atoms with van der Waals surface area (Å²) in [5.74, 6) is 0.0549. The van der Waals surface area contributed by atoms with Gasteiger partial charge in [0.1, 0.15) is 0 Å². The number of nitrogens with two attached hydrogens (primary N) is 1. The summed E-state index contributed by atoms with van der Waals surface area (Å²) < 4.78 is 0. The van der Waals surface area contributed by atoms with Gasteiger partial charge >= 0.3 is 0 Å². The number of rotatable bonds is 5. The molecule has 3 nitrogen and oxygen atoms in total. The Kier molecular flexibility index (Phi) is 4.18. The number of carbonyl (C=O) groups is 1. The highest BCUT2D eigenvalue weighted by atomic mass is 16.1. The van der Waals surface area contributed by atoms with Gasteiger partial charge in [-0.15, -0.1) is 0 Å². The molecule has 0 atom stereocenters. The zero-order valence-corrected chi connectivity index (χ0v) is 12.0. The average molecular weight is 268 g/mol. The second-order valence-corrected chi connectivity index (χ2v) is 4.95. The van der Waals surface area contributed by atoms with Gasteiger partial charge in [0.15, 0.2) is 5.78 Å². The summed E-state index contributed by atoms with van der Waals surface area (Å²) in [4.78, 5) is 17.1. The van der Waals surface area contributed by atoms with E-state index >= 15 is 0 Å². The van der Waals surface area contributed by atoms with E-state index in [0.717, 1.165) is 18.4 Å². The predicted octanol–water partition coefficient (Wildman–Crippen LogP) is 3.60. The lowest BCUT2D eigenvalue weighted by molar-refractivity contribution is 0.0873. The number of ketones is 1. The van der Waals surface area contributed by atoms with Gasteiger partial charge in [0, 0.05) is 18.1 Å². The molecule has 0 bridgehead atoms. The monoisotopic (exact) mass is 268 g/mol. The van der Waals surface area contributed by atoms with Gasteiger partial charge in [-0.25, -0.2) is 0 Å². The van der Waals surface area contributed by atoms with Crippen LogP contribution in [0.25, 0.3) is 0 Å². The van der Waals surface area contributed by atoms with Crippen molar-refractivity contribution in [3.05, 3.63) is 59.9 Å². The normalized spacial score (nSPS) is 11.3. The Labute approximate surface area is 119 Å². The zero-order valence-electron chi connectivity index (χ0n) is 12.0. The molecule has 2 rings (SSSR count). The Morgan fingerprint density at radius 2 is 1.80 bits per heavy atom. The molecular formula is C17H20N2O. The summed E-state index contributed by atoms with van der Waals surface area (Å²) in [7, 11) is 0. The summed E-state index contributed by atoms with van der Waals surface area (Å²) in [6.07, 6.45) is 4.65. The lowest BCUT2D eigenvalue weighted by Gasteiger charge is -2.31. The van der Waals surface area contributed by atoms with E-state index in [2.05, 4.69) is 4.98 Å². The van der Waals surface area contributed by atoms with Crippen molar-refractivity contribution in [1.29, 1.82) is 0 Å². The van der Waals surface area contributed by atoms with Crippen molar-refractivity contribution in [2.24, 2.45) is 0 Å². The third-order valence-corrected chi connectivity index (χ3v) is 4.07. The number of Topliss-reactive ketones (excluding diaryl/α,β-unsaturated/α-hetero) is 1. The van der Waals surface area contributed by atoms with Crippen molar-refractivity contribution < 1.29 is 4.79 Å². The van der Waals surface area contributed by atoms with Gasteiger partial charge in [0.25, 0.3) is 0 Å². The summed E-state index contributed by atoms with van der Waals surface area (Å²) >= 11 is 0. The van der Waals surface area contributed by atoms with Crippen molar-refractivity contribution in [2.45, 2.75) is 32.1 Å². The number of hydrogen-bond donors (Lipinski definition) is 1. The Morgan fingerprint density at radius 1 is 1.15 bits per heavy atom. The molecule has 3 heteroatoms. The number of benzene rings is 1. The van der Waals surface area contributed by atoms with E-state index in [0.29, 0.717) is 11.3 Å². The van der Waals surface area contributed by atoms with Crippen LogP contribution in [0, 0.1) is 0 Å². The molecule has 104 valence electrons. The maximum atomic E-state index is 13.0. The highest BCUT2D eigenvalue weighted by Crippen LogP contribution is 2.36. The zero-order chi connectivity index (χ0) is 14.6. The van der Waals surface area contributed by atoms with Crippen LogP contribution in [0.15, 0.2) is 48.8 Å². The minimum Gasteiger partial charge on any atom is -0.398 e. The topological polar surface area (TPSA) is 56.0 Å². The van der Waals surface area contributed by atoms with Gasteiger partial charge in [-0.05, 0) is 24.5 Å². The molecule has 0 radical (unpaired) electrons. The molecule has 1 heterocycles. The first-order valence-electron chi connectivity index (χ1n) is 6.95. The van der Waals surface area contributed by atoms with Crippen LogP contribution in [0.3, 0.4) is 0 Å². The molecule has 0 aliphatic heterocycles.